The highest BCUT2D eigenvalue weighted by Gasteiger charge is 2.28. The van der Waals surface area contributed by atoms with Crippen molar-refractivity contribution in [1.29, 1.82) is 0 Å². The summed E-state index contributed by atoms with van der Waals surface area (Å²) < 4.78 is 5.35. The number of carbonyl (C=O) groups excluding carboxylic acids is 1. The van der Waals surface area contributed by atoms with E-state index in [2.05, 4.69) is 26.5 Å². The van der Waals surface area contributed by atoms with E-state index in [1.54, 1.807) is 0 Å². The van der Waals surface area contributed by atoms with Gasteiger partial charge in [-0.1, -0.05) is 13.8 Å². The number of esters is 1. The lowest BCUT2D eigenvalue weighted by Gasteiger charge is -2.32. The molecule has 0 heterocycles. The van der Waals surface area contributed by atoms with Crippen molar-refractivity contribution < 1.29 is 9.53 Å². The highest BCUT2D eigenvalue weighted by atomic mass is 32.1. The second-order valence-corrected chi connectivity index (χ2v) is 4.98. The van der Waals surface area contributed by atoms with Crippen LogP contribution in [0.3, 0.4) is 0 Å². The summed E-state index contributed by atoms with van der Waals surface area (Å²) in [7, 11) is 0. The second-order valence-electron chi connectivity index (χ2n) is 4.62. The Hall–Kier alpha value is -0.220. The average Bonchev–Trinajstić information content (AvgIpc) is 2.22. The average molecular weight is 231 g/mol. The van der Waals surface area contributed by atoms with E-state index in [0.717, 1.165) is 25.2 Å². The molecule has 0 aliphatic heterocycles. The summed E-state index contributed by atoms with van der Waals surface area (Å²) >= 11 is 3.98. The zero-order chi connectivity index (χ0) is 11.4. The fourth-order valence-electron chi connectivity index (χ4n) is 1.93. The van der Waals surface area contributed by atoms with E-state index in [9.17, 15) is 4.79 Å². The Bertz CT molecular complexity index is 223. The van der Waals surface area contributed by atoms with E-state index >= 15 is 0 Å². The molecule has 1 aliphatic carbocycles. The van der Waals surface area contributed by atoms with Crippen molar-refractivity contribution >= 4 is 18.6 Å². The van der Waals surface area contributed by atoms with Crippen molar-refractivity contribution in [3.63, 3.8) is 0 Å². The molecule has 4 atom stereocenters. The molecule has 1 fully saturated rings. The maximum Gasteiger partial charge on any atom is 0.324 e. The van der Waals surface area contributed by atoms with Gasteiger partial charge in [0, 0.05) is 5.75 Å². The van der Waals surface area contributed by atoms with Crippen molar-refractivity contribution in [2.75, 3.05) is 5.75 Å². The largest absolute Gasteiger partial charge is 0.461 e. The van der Waals surface area contributed by atoms with Crippen LogP contribution in [0, 0.1) is 11.8 Å². The van der Waals surface area contributed by atoms with Crippen LogP contribution < -0.4 is 5.73 Å². The maximum absolute atomic E-state index is 11.4. The smallest absolute Gasteiger partial charge is 0.324 e. The third-order valence-electron chi connectivity index (χ3n) is 3.33. The summed E-state index contributed by atoms with van der Waals surface area (Å²) in [5.74, 6) is 1.40. The highest BCUT2D eigenvalue weighted by molar-refractivity contribution is 7.80. The Morgan fingerprint density at radius 3 is 2.67 bits per heavy atom. The van der Waals surface area contributed by atoms with Crippen LogP contribution in [0.1, 0.15) is 33.1 Å². The van der Waals surface area contributed by atoms with Gasteiger partial charge in [-0.05, 0) is 31.1 Å². The molecule has 0 spiro atoms. The number of nitrogens with two attached hydrogens (primary N) is 1. The van der Waals surface area contributed by atoms with E-state index in [1.165, 1.54) is 0 Å². The standard InChI is InChI=1S/C11H21NO2S/c1-7-3-4-9(5-8(7)2)14-11(13)10(12)6-15/h7-10,15H,3-6,12H2,1-2H3/t7?,8?,9?,10-/m1/s1. The van der Waals surface area contributed by atoms with Crippen molar-refractivity contribution in [3.05, 3.63) is 0 Å². The Labute approximate surface area is 97.2 Å². The van der Waals surface area contributed by atoms with Crippen LogP contribution in [-0.2, 0) is 9.53 Å². The lowest BCUT2D eigenvalue weighted by atomic mass is 9.80. The van der Waals surface area contributed by atoms with E-state index in [1.807, 2.05) is 0 Å². The molecule has 1 aliphatic rings. The minimum absolute atomic E-state index is 0.0645. The first-order valence-corrected chi connectivity index (χ1v) is 6.24. The van der Waals surface area contributed by atoms with Crippen molar-refractivity contribution in [2.45, 2.75) is 45.3 Å². The Morgan fingerprint density at radius 2 is 2.13 bits per heavy atom. The number of rotatable bonds is 3. The SMILES string of the molecule is CC1CCC(OC(=O)[C@H](N)CS)CC1C. The molecule has 4 heteroatoms. The van der Waals surface area contributed by atoms with Gasteiger partial charge in [0.2, 0.25) is 0 Å². The van der Waals surface area contributed by atoms with Crippen LogP contribution >= 0.6 is 12.6 Å². The predicted molar refractivity (Wildman–Crippen MR) is 63.9 cm³/mol. The first-order valence-electron chi connectivity index (χ1n) is 5.61. The lowest BCUT2D eigenvalue weighted by Crippen LogP contribution is -2.38. The lowest BCUT2D eigenvalue weighted by molar-refractivity contribution is -0.152. The van der Waals surface area contributed by atoms with Crippen LogP contribution in [0.25, 0.3) is 0 Å². The summed E-state index contributed by atoms with van der Waals surface area (Å²) in [5, 5.41) is 0. The number of hydrogen-bond acceptors (Lipinski definition) is 4. The molecule has 0 aromatic heterocycles. The van der Waals surface area contributed by atoms with Gasteiger partial charge in [0.15, 0.2) is 0 Å². The zero-order valence-corrected chi connectivity index (χ0v) is 10.4. The molecule has 0 radical (unpaired) electrons. The van der Waals surface area contributed by atoms with Gasteiger partial charge in [0.1, 0.15) is 12.1 Å². The van der Waals surface area contributed by atoms with Crippen molar-refractivity contribution in [2.24, 2.45) is 17.6 Å². The van der Waals surface area contributed by atoms with Gasteiger partial charge in [0.25, 0.3) is 0 Å². The van der Waals surface area contributed by atoms with E-state index < -0.39 is 6.04 Å². The van der Waals surface area contributed by atoms with Gasteiger partial charge in [-0.15, -0.1) is 0 Å². The summed E-state index contributed by atoms with van der Waals surface area (Å²) in [4.78, 5) is 11.4. The molecule has 2 N–H and O–H groups in total. The zero-order valence-electron chi connectivity index (χ0n) is 9.48. The van der Waals surface area contributed by atoms with Crippen molar-refractivity contribution in [1.82, 2.24) is 0 Å². The summed E-state index contributed by atoms with van der Waals surface area (Å²) in [6, 6.07) is -0.581. The number of hydrogen-bond donors (Lipinski definition) is 2. The van der Waals surface area contributed by atoms with Gasteiger partial charge in [-0.2, -0.15) is 12.6 Å². The minimum atomic E-state index is -0.581. The minimum Gasteiger partial charge on any atom is -0.461 e. The van der Waals surface area contributed by atoms with Gasteiger partial charge in [-0.3, -0.25) is 4.79 Å². The number of ether oxygens (including phenoxy) is 1. The Balaban J connectivity index is 2.36. The maximum atomic E-state index is 11.4. The van der Waals surface area contributed by atoms with Crippen LogP contribution in [0.4, 0.5) is 0 Å². The fraction of sp³-hybridized carbons (Fsp3) is 0.909. The molecule has 88 valence electrons. The molecule has 3 unspecified atom stereocenters. The predicted octanol–water partition coefficient (Wildman–Crippen LogP) is 1.61. The Morgan fingerprint density at radius 1 is 1.47 bits per heavy atom. The normalized spacial score (nSPS) is 33.5. The molecular weight excluding hydrogens is 210 g/mol. The molecule has 0 bridgehead atoms. The van der Waals surface area contributed by atoms with Gasteiger partial charge in [-0.25, -0.2) is 0 Å². The van der Waals surface area contributed by atoms with Gasteiger partial charge >= 0.3 is 5.97 Å². The molecule has 0 aromatic rings. The third kappa shape index (κ3) is 3.68. The molecular formula is C11H21NO2S. The number of thiol groups is 1. The van der Waals surface area contributed by atoms with Gasteiger partial charge in [0.05, 0.1) is 0 Å². The van der Waals surface area contributed by atoms with Crippen LogP contribution in [0.2, 0.25) is 0 Å². The number of carbonyl (C=O) groups is 1. The Kier molecular flexibility index (Phi) is 4.93. The quantitative estimate of drug-likeness (QED) is 0.573. The molecule has 1 saturated carbocycles. The van der Waals surface area contributed by atoms with Crippen LogP contribution in [0.15, 0.2) is 0 Å². The fourth-order valence-corrected chi connectivity index (χ4v) is 2.08. The monoisotopic (exact) mass is 231 g/mol. The topological polar surface area (TPSA) is 52.3 Å². The molecule has 0 amide bonds. The first kappa shape index (κ1) is 12.8. The van der Waals surface area contributed by atoms with E-state index in [4.69, 9.17) is 10.5 Å². The molecule has 15 heavy (non-hydrogen) atoms. The molecule has 1 rings (SSSR count). The summed E-state index contributed by atoms with van der Waals surface area (Å²) in [6.07, 6.45) is 3.13. The first-order chi connectivity index (χ1) is 7.04. The van der Waals surface area contributed by atoms with Crippen molar-refractivity contribution in [3.8, 4) is 0 Å². The summed E-state index contributed by atoms with van der Waals surface area (Å²) in [5.41, 5.74) is 5.54. The van der Waals surface area contributed by atoms with Crippen LogP contribution in [0.5, 0.6) is 0 Å². The van der Waals surface area contributed by atoms with Crippen LogP contribution in [-0.4, -0.2) is 23.9 Å². The third-order valence-corrected chi connectivity index (χ3v) is 3.73. The van der Waals surface area contributed by atoms with E-state index in [0.29, 0.717) is 11.7 Å². The molecule has 0 saturated heterocycles. The molecule has 0 aromatic carbocycles. The van der Waals surface area contributed by atoms with Gasteiger partial charge < -0.3 is 10.5 Å². The highest BCUT2D eigenvalue weighted by Crippen LogP contribution is 2.30. The van der Waals surface area contributed by atoms with E-state index in [-0.39, 0.29) is 12.1 Å². The summed E-state index contributed by atoms with van der Waals surface area (Å²) in [6.45, 7) is 4.46. The second kappa shape index (κ2) is 5.75. The molecule has 3 nitrogen and oxygen atoms in total.